The van der Waals surface area contributed by atoms with Crippen LogP contribution in [0.2, 0.25) is 0 Å². The van der Waals surface area contributed by atoms with Gasteiger partial charge in [-0.3, -0.25) is 9.59 Å². The molecule has 2 aliphatic heterocycles. The SMILES string of the molecule is CO[C@@H]1O[C@@H]2[C@@H](OC(=O)[C@@H](OC(C)=O)[C@H]2OC(C)=O)[C@H](OCc2ccccc2)[C@H]1OCc1ccccc1. The summed E-state index contributed by atoms with van der Waals surface area (Å²) >= 11 is 0. The zero-order valence-corrected chi connectivity index (χ0v) is 20.8. The van der Waals surface area contributed by atoms with Crippen molar-refractivity contribution < 1.29 is 47.5 Å². The van der Waals surface area contributed by atoms with E-state index in [1.54, 1.807) is 0 Å². The van der Waals surface area contributed by atoms with Gasteiger partial charge in [0.15, 0.2) is 18.5 Å². The molecule has 0 radical (unpaired) electrons. The van der Waals surface area contributed by atoms with Crippen molar-refractivity contribution in [2.24, 2.45) is 0 Å². The van der Waals surface area contributed by atoms with Crippen LogP contribution in [-0.2, 0) is 60.8 Å². The molecular weight excluding hydrogens is 484 g/mol. The minimum absolute atomic E-state index is 0.180. The van der Waals surface area contributed by atoms with Crippen molar-refractivity contribution in [1.82, 2.24) is 0 Å². The van der Waals surface area contributed by atoms with E-state index in [-0.39, 0.29) is 13.2 Å². The molecule has 0 amide bonds. The Hall–Kier alpha value is -3.31. The summed E-state index contributed by atoms with van der Waals surface area (Å²) in [6, 6.07) is 19.0. The van der Waals surface area contributed by atoms with Gasteiger partial charge in [0.05, 0.1) is 13.2 Å². The molecule has 2 saturated heterocycles. The van der Waals surface area contributed by atoms with Crippen LogP contribution >= 0.6 is 0 Å². The number of hydrogen-bond donors (Lipinski definition) is 0. The fourth-order valence-corrected chi connectivity index (χ4v) is 4.45. The number of hydrogen-bond acceptors (Lipinski definition) is 10. The summed E-state index contributed by atoms with van der Waals surface area (Å²) in [5.41, 5.74) is 1.80. The molecule has 2 aromatic carbocycles. The lowest BCUT2D eigenvalue weighted by molar-refractivity contribution is -0.338. The fourth-order valence-electron chi connectivity index (χ4n) is 4.45. The van der Waals surface area contributed by atoms with E-state index in [1.807, 2.05) is 60.7 Å². The number of carbonyl (C=O) groups is 3. The number of benzene rings is 2. The highest BCUT2D eigenvalue weighted by molar-refractivity contribution is 5.81. The van der Waals surface area contributed by atoms with Gasteiger partial charge in [0.2, 0.25) is 6.10 Å². The third-order valence-corrected chi connectivity index (χ3v) is 6.04. The average molecular weight is 515 g/mol. The molecule has 2 heterocycles. The van der Waals surface area contributed by atoms with Crippen molar-refractivity contribution in [3.8, 4) is 0 Å². The lowest BCUT2D eigenvalue weighted by Crippen LogP contribution is -2.69. The summed E-state index contributed by atoms with van der Waals surface area (Å²) in [4.78, 5) is 36.6. The molecule has 10 nitrogen and oxygen atoms in total. The summed E-state index contributed by atoms with van der Waals surface area (Å²) in [6.45, 7) is 2.73. The van der Waals surface area contributed by atoms with Crippen LogP contribution in [0.15, 0.2) is 60.7 Å². The van der Waals surface area contributed by atoms with E-state index in [1.165, 1.54) is 14.0 Å². The highest BCUT2D eigenvalue weighted by Gasteiger charge is 2.60. The number of ether oxygens (including phenoxy) is 7. The maximum Gasteiger partial charge on any atom is 0.352 e. The maximum absolute atomic E-state index is 13.0. The average Bonchev–Trinajstić information content (AvgIpc) is 2.89. The molecule has 2 fully saturated rings. The van der Waals surface area contributed by atoms with Crippen LogP contribution in [0.4, 0.5) is 0 Å². The Balaban J connectivity index is 1.65. The van der Waals surface area contributed by atoms with Gasteiger partial charge in [-0.05, 0) is 11.1 Å². The number of methoxy groups -OCH3 is 1. The largest absolute Gasteiger partial charge is 0.455 e. The Morgan fingerprint density at radius 1 is 0.757 bits per heavy atom. The second kappa shape index (κ2) is 12.3. The van der Waals surface area contributed by atoms with Crippen molar-refractivity contribution in [3.05, 3.63) is 71.8 Å². The number of carbonyl (C=O) groups excluding carboxylic acids is 3. The van der Waals surface area contributed by atoms with Crippen molar-refractivity contribution >= 4 is 17.9 Å². The van der Waals surface area contributed by atoms with Gasteiger partial charge in [-0.15, -0.1) is 0 Å². The Morgan fingerprint density at radius 2 is 1.30 bits per heavy atom. The van der Waals surface area contributed by atoms with Crippen LogP contribution in [-0.4, -0.2) is 67.9 Å². The summed E-state index contributed by atoms with van der Waals surface area (Å²) in [5, 5.41) is 0. The van der Waals surface area contributed by atoms with Crippen molar-refractivity contribution in [2.45, 2.75) is 70.0 Å². The van der Waals surface area contributed by atoms with E-state index >= 15 is 0 Å². The van der Waals surface area contributed by atoms with Crippen LogP contribution < -0.4 is 0 Å². The summed E-state index contributed by atoms with van der Waals surface area (Å²) in [5.74, 6) is -2.30. The number of rotatable bonds is 9. The van der Waals surface area contributed by atoms with Gasteiger partial charge in [-0.25, -0.2) is 4.79 Å². The first-order chi connectivity index (χ1) is 17.9. The molecule has 198 valence electrons. The first-order valence-corrected chi connectivity index (χ1v) is 11.9. The monoisotopic (exact) mass is 514 g/mol. The fraction of sp³-hybridized carbons (Fsp3) is 0.444. The molecule has 7 atom stereocenters. The van der Waals surface area contributed by atoms with Gasteiger partial charge in [-0.2, -0.15) is 0 Å². The zero-order valence-electron chi connectivity index (χ0n) is 20.8. The topological polar surface area (TPSA) is 116 Å². The van der Waals surface area contributed by atoms with Gasteiger partial charge in [0.25, 0.3) is 0 Å². The highest BCUT2D eigenvalue weighted by Crippen LogP contribution is 2.36. The van der Waals surface area contributed by atoms with E-state index in [2.05, 4.69) is 0 Å². The summed E-state index contributed by atoms with van der Waals surface area (Å²) < 4.78 is 40.5. The molecule has 0 saturated carbocycles. The quantitative estimate of drug-likeness (QED) is 0.365. The second-order valence-electron chi connectivity index (χ2n) is 8.73. The smallest absolute Gasteiger partial charge is 0.352 e. The molecule has 0 N–H and O–H groups in total. The Bertz CT molecular complexity index is 1060. The van der Waals surface area contributed by atoms with Crippen LogP contribution in [0.25, 0.3) is 0 Å². The van der Waals surface area contributed by atoms with E-state index in [9.17, 15) is 14.4 Å². The Morgan fingerprint density at radius 3 is 1.81 bits per heavy atom. The third kappa shape index (κ3) is 6.53. The molecule has 4 rings (SSSR count). The third-order valence-electron chi connectivity index (χ3n) is 6.04. The molecule has 0 spiro atoms. The Labute approximate surface area is 214 Å². The lowest BCUT2D eigenvalue weighted by atomic mass is 9.89. The van der Waals surface area contributed by atoms with E-state index < -0.39 is 60.8 Å². The molecule has 10 heteroatoms. The van der Waals surface area contributed by atoms with Crippen molar-refractivity contribution in [1.29, 1.82) is 0 Å². The minimum Gasteiger partial charge on any atom is -0.455 e. The second-order valence-corrected chi connectivity index (χ2v) is 8.73. The van der Waals surface area contributed by atoms with Gasteiger partial charge < -0.3 is 33.2 Å². The van der Waals surface area contributed by atoms with Gasteiger partial charge in [0, 0.05) is 21.0 Å². The van der Waals surface area contributed by atoms with Crippen molar-refractivity contribution in [2.75, 3.05) is 7.11 Å². The predicted octanol–water partition coefficient (Wildman–Crippen LogP) is 2.32. The molecule has 0 aromatic heterocycles. The molecule has 2 aliphatic rings. The Kier molecular flexibility index (Phi) is 8.88. The molecule has 0 aliphatic carbocycles. The maximum atomic E-state index is 13.0. The summed E-state index contributed by atoms with van der Waals surface area (Å²) in [6.07, 6.45) is -7.52. The molecule has 37 heavy (non-hydrogen) atoms. The molecule has 0 unspecified atom stereocenters. The first-order valence-electron chi connectivity index (χ1n) is 11.9. The standard InChI is InChI=1S/C27H30O10/c1-16(28)34-23-22-21(36-26(30)24(23)35-17(2)29)20(32-14-18-10-6-4-7-11-18)25(27(31-3)37-22)33-15-19-12-8-5-9-13-19/h4-13,20-25,27H,14-15H2,1-3H3/t20-,21-,22+,23-,24-,25+,27+/m0/s1. The van der Waals surface area contributed by atoms with Crippen LogP contribution in [0.3, 0.4) is 0 Å². The zero-order chi connectivity index (χ0) is 26.4. The number of esters is 3. The lowest BCUT2D eigenvalue weighted by Gasteiger charge is -2.49. The van der Waals surface area contributed by atoms with E-state index in [0.717, 1.165) is 18.1 Å². The normalized spacial score (nSPS) is 29.1. The number of fused-ring (bicyclic) bond motifs is 1. The molecule has 0 bridgehead atoms. The minimum atomic E-state index is -1.50. The first kappa shape index (κ1) is 26.7. The highest BCUT2D eigenvalue weighted by atomic mass is 16.7. The summed E-state index contributed by atoms with van der Waals surface area (Å²) in [7, 11) is 1.44. The van der Waals surface area contributed by atoms with Gasteiger partial charge in [0.1, 0.15) is 18.3 Å². The molecule has 2 aromatic rings. The van der Waals surface area contributed by atoms with E-state index in [4.69, 9.17) is 33.2 Å². The molecular formula is C27H30O10. The van der Waals surface area contributed by atoms with Gasteiger partial charge in [-0.1, -0.05) is 60.7 Å². The van der Waals surface area contributed by atoms with Crippen LogP contribution in [0.1, 0.15) is 25.0 Å². The van der Waals surface area contributed by atoms with Crippen LogP contribution in [0.5, 0.6) is 0 Å². The van der Waals surface area contributed by atoms with E-state index in [0.29, 0.717) is 0 Å². The predicted molar refractivity (Wildman–Crippen MR) is 127 cm³/mol. The van der Waals surface area contributed by atoms with Crippen molar-refractivity contribution in [3.63, 3.8) is 0 Å². The van der Waals surface area contributed by atoms with Crippen LogP contribution in [0, 0.1) is 0 Å². The van der Waals surface area contributed by atoms with Gasteiger partial charge >= 0.3 is 17.9 Å².